The highest BCUT2D eigenvalue weighted by Gasteiger charge is 2.12. The number of benzene rings is 1. The average Bonchev–Trinajstić information content (AvgIpc) is 2.90. The van der Waals surface area contributed by atoms with Gasteiger partial charge < -0.3 is 0 Å². The molecule has 0 saturated heterocycles. The van der Waals surface area contributed by atoms with Gasteiger partial charge in [0.2, 0.25) is 4.96 Å². The van der Waals surface area contributed by atoms with E-state index >= 15 is 0 Å². The van der Waals surface area contributed by atoms with Crippen molar-refractivity contribution in [2.24, 2.45) is 0 Å². The van der Waals surface area contributed by atoms with E-state index in [1.165, 1.54) is 12.1 Å². The SMILES string of the molecule is CCCc1nn2c(-c3ccc(F)cc3)nnc2s1. The van der Waals surface area contributed by atoms with Gasteiger partial charge in [0.05, 0.1) is 0 Å². The summed E-state index contributed by atoms with van der Waals surface area (Å²) in [4.78, 5) is 0.776. The van der Waals surface area contributed by atoms with E-state index in [1.807, 2.05) is 0 Å². The van der Waals surface area contributed by atoms with Gasteiger partial charge in [-0.2, -0.15) is 9.61 Å². The van der Waals surface area contributed by atoms with Crippen molar-refractivity contribution in [1.29, 1.82) is 0 Å². The van der Waals surface area contributed by atoms with Gasteiger partial charge in [-0.3, -0.25) is 0 Å². The molecule has 0 aliphatic carbocycles. The standard InChI is InChI=1S/C12H11FN4S/c1-2-3-10-16-17-11(14-15-12(17)18-10)8-4-6-9(13)7-5-8/h4-7H,2-3H2,1H3. The van der Waals surface area contributed by atoms with Gasteiger partial charge in [-0.25, -0.2) is 4.39 Å². The minimum Gasteiger partial charge on any atom is -0.207 e. The van der Waals surface area contributed by atoms with E-state index in [0.29, 0.717) is 5.82 Å². The van der Waals surface area contributed by atoms with Crippen LogP contribution < -0.4 is 0 Å². The van der Waals surface area contributed by atoms with Crippen molar-refractivity contribution in [1.82, 2.24) is 19.8 Å². The molecule has 0 amide bonds. The van der Waals surface area contributed by atoms with Crippen molar-refractivity contribution in [3.8, 4) is 11.4 Å². The Kier molecular flexibility index (Phi) is 2.79. The Bertz CT molecular complexity index is 671. The van der Waals surface area contributed by atoms with Crippen LogP contribution in [0.5, 0.6) is 0 Å². The number of rotatable bonds is 3. The quantitative estimate of drug-likeness (QED) is 0.729. The zero-order chi connectivity index (χ0) is 12.5. The van der Waals surface area contributed by atoms with Crippen molar-refractivity contribution in [2.75, 3.05) is 0 Å². The van der Waals surface area contributed by atoms with Gasteiger partial charge in [-0.1, -0.05) is 18.3 Å². The summed E-state index contributed by atoms with van der Waals surface area (Å²) in [7, 11) is 0. The molecular weight excluding hydrogens is 251 g/mol. The molecule has 3 rings (SSSR count). The normalized spacial score (nSPS) is 11.2. The summed E-state index contributed by atoms with van der Waals surface area (Å²) in [6.07, 6.45) is 1.99. The Morgan fingerprint density at radius 2 is 2.00 bits per heavy atom. The maximum absolute atomic E-state index is 12.9. The number of aryl methyl sites for hydroxylation is 1. The molecule has 92 valence electrons. The molecule has 0 aliphatic rings. The molecule has 0 spiro atoms. The molecule has 0 unspecified atom stereocenters. The molecule has 6 heteroatoms. The molecule has 2 aromatic heterocycles. The second-order valence-electron chi connectivity index (χ2n) is 3.97. The Morgan fingerprint density at radius 3 is 2.72 bits per heavy atom. The first-order chi connectivity index (χ1) is 8.78. The summed E-state index contributed by atoms with van der Waals surface area (Å²) in [5.41, 5.74) is 0.817. The maximum Gasteiger partial charge on any atom is 0.234 e. The number of hydrogen-bond acceptors (Lipinski definition) is 4. The smallest absolute Gasteiger partial charge is 0.207 e. The van der Waals surface area contributed by atoms with E-state index in [1.54, 1.807) is 28.0 Å². The lowest BCUT2D eigenvalue weighted by atomic mass is 10.2. The number of hydrogen-bond donors (Lipinski definition) is 0. The number of fused-ring (bicyclic) bond motifs is 1. The predicted molar refractivity (Wildman–Crippen MR) is 68.0 cm³/mol. The molecule has 0 atom stereocenters. The lowest BCUT2D eigenvalue weighted by Crippen LogP contribution is -1.92. The van der Waals surface area contributed by atoms with Crippen molar-refractivity contribution >= 4 is 16.3 Å². The highest BCUT2D eigenvalue weighted by Crippen LogP contribution is 2.22. The first kappa shape index (κ1) is 11.3. The Hall–Kier alpha value is -1.82. The Morgan fingerprint density at radius 1 is 1.22 bits per heavy atom. The van der Waals surface area contributed by atoms with Crippen molar-refractivity contribution in [3.63, 3.8) is 0 Å². The van der Waals surface area contributed by atoms with E-state index in [2.05, 4.69) is 22.2 Å². The summed E-state index contributed by atoms with van der Waals surface area (Å²) in [6.45, 7) is 2.11. The first-order valence-corrected chi connectivity index (χ1v) is 6.56. The third-order valence-corrected chi connectivity index (χ3v) is 3.56. The van der Waals surface area contributed by atoms with Gasteiger partial charge in [-0.15, -0.1) is 10.2 Å². The first-order valence-electron chi connectivity index (χ1n) is 5.75. The van der Waals surface area contributed by atoms with E-state index in [-0.39, 0.29) is 5.82 Å². The van der Waals surface area contributed by atoms with Crippen molar-refractivity contribution < 1.29 is 4.39 Å². The van der Waals surface area contributed by atoms with E-state index < -0.39 is 0 Å². The number of nitrogens with zero attached hydrogens (tertiary/aromatic N) is 4. The topological polar surface area (TPSA) is 43.1 Å². The maximum atomic E-state index is 12.9. The lowest BCUT2D eigenvalue weighted by molar-refractivity contribution is 0.628. The van der Waals surface area contributed by atoms with Gasteiger partial charge >= 0.3 is 0 Å². The largest absolute Gasteiger partial charge is 0.234 e. The molecule has 0 N–H and O–H groups in total. The third-order valence-electron chi connectivity index (χ3n) is 2.60. The monoisotopic (exact) mass is 262 g/mol. The van der Waals surface area contributed by atoms with E-state index in [9.17, 15) is 4.39 Å². The second kappa shape index (κ2) is 4.45. The number of aromatic nitrogens is 4. The van der Waals surface area contributed by atoms with E-state index in [0.717, 1.165) is 28.4 Å². The summed E-state index contributed by atoms with van der Waals surface area (Å²) in [6, 6.07) is 6.20. The van der Waals surface area contributed by atoms with Crippen LogP contribution in [-0.2, 0) is 6.42 Å². The van der Waals surface area contributed by atoms with Crippen LogP contribution >= 0.6 is 11.3 Å². The van der Waals surface area contributed by atoms with Gasteiger partial charge in [0.15, 0.2) is 5.82 Å². The highest BCUT2D eigenvalue weighted by atomic mass is 32.1. The van der Waals surface area contributed by atoms with Crippen LogP contribution in [0.4, 0.5) is 4.39 Å². The Balaban J connectivity index is 2.08. The molecule has 3 aromatic rings. The third kappa shape index (κ3) is 1.88. The van der Waals surface area contributed by atoms with Crippen LogP contribution in [0, 0.1) is 5.82 Å². The molecule has 0 bridgehead atoms. The van der Waals surface area contributed by atoms with Gasteiger partial charge in [0, 0.05) is 12.0 Å². The molecule has 0 fully saturated rings. The second-order valence-corrected chi connectivity index (χ2v) is 5.01. The van der Waals surface area contributed by atoms with Crippen molar-refractivity contribution in [3.05, 3.63) is 35.1 Å². The minimum absolute atomic E-state index is 0.260. The van der Waals surface area contributed by atoms with Gasteiger partial charge in [0.25, 0.3) is 0 Å². The molecule has 1 aromatic carbocycles. The molecule has 0 radical (unpaired) electrons. The van der Waals surface area contributed by atoms with Crippen molar-refractivity contribution in [2.45, 2.75) is 19.8 Å². The summed E-state index contributed by atoms with van der Waals surface area (Å²) >= 11 is 1.54. The fourth-order valence-electron chi connectivity index (χ4n) is 1.75. The van der Waals surface area contributed by atoms with Gasteiger partial charge in [-0.05, 0) is 30.7 Å². The summed E-state index contributed by atoms with van der Waals surface area (Å²) in [5.74, 6) is 0.396. The predicted octanol–water partition coefficient (Wildman–Crippen LogP) is 2.94. The molecule has 4 nitrogen and oxygen atoms in total. The fourth-order valence-corrected chi connectivity index (χ4v) is 2.69. The van der Waals surface area contributed by atoms with Crippen LogP contribution in [-0.4, -0.2) is 19.8 Å². The zero-order valence-electron chi connectivity index (χ0n) is 9.80. The zero-order valence-corrected chi connectivity index (χ0v) is 10.6. The number of halogens is 1. The molecule has 2 heterocycles. The highest BCUT2D eigenvalue weighted by molar-refractivity contribution is 7.16. The minimum atomic E-state index is -0.260. The van der Waals surface area contributed by atoms with Crippen LogP contribution in [0.3, 0.4) is 0 Å². The average molecular weight is 262 g/mol. The van der Waals surface area contributed by atoms with Crippen LogP contribution in [0.15, 0.2) is 24.3 Å². The molecular formula is C12H11FN4S. The van der Waals surface area contributed by atoms with E-state index in [4.69, 9.17) is 0 Å². The van der Waals surface area contributed by atoms with Crippen LogP contribution in [0.2, 0.25) is 0 Å². The lowest BCUT2D eigenvalue weighted by Gasteiger charge is -1.96. The Labute approximate surface area is 107 Å². The summed E-state index contributed by atoms with van der Waals surface area (Å²) in [5, 5.41) is 13.7. The fraction of sp³-hybridized carbons (Fsp3) is 0.250. The molecule has 0 aliphatic heterocycles. The van der Waals surface area contributed by atoms with Crippen LogP contribution in [0.25, 0.3) is 16.3 Å². The van der Waals surface area contributed by atoms with Gasteiger partial charge in [0.1, 0.15) is 10.8 Å². The molecule has 0 saturated carbocycles. The summed E-state index contributed by atoms with van der Waals surface area (Å²) < 4.78 is 14.6. The molecule has 18 heavy (non-hydrogen) atoms. The van der Waals surface area contributed by atoms with Crippen LogP contribution in [0.1, 0.15) is 18.4 Å².